The Morgan fingerprint density at radius 2 is 2.14 bits per heavy atom. The average molecular weight is 393 g/mol. The van der Waals surface area contributed by atoms with Crippen LogP contribution in [-0.4, -0.2) is 30.3 Å². The van der Waals surface area contributed by atoms with Crippen LogP contribution in [0.1, 0.15) is 48.9 Å². The molecule has 0 aromatic heterocycles. The molecule has 3 N–H and O–H groups in total. The molecule has 0 amide bonds. The van der Waals surface area contributed by atoms with Gasteiger partial charge in [0, 0.05) is 11.7 Å². The maximum absolute atomic E-state index is 11.9. The number of nitrogens with zero attached hydrogens (tertiary/aromatic N) is 1. The number of carboxylic acids is 1. The molecule has 3 rings (SSSR count). The van der Waals surface area contributed by atoms with Crippen molar-refractivity contribution in [2.24, 2.45) is 0 Å². The van der Waals surface area contributed by atoms with E-state index < -0.39 is 12.0 Å². The predicted octanol–water partition coefficient (Wildman–Crippen LogP) is 3.88. The van der Waals surface area contributed by atoms with Gasteiger partial charge >= 0.3 is 5.97 Å². The molecular formula is C23H27N3O3. The lowest BCUT2D eigenvalue weighted by Gasteiger charge is -2.19. The molecule has 6 nitrogen and oxygen atoms in total. The van der Waals surface area contributed by atoms with Crippen molar-refractivity contribution in [1.82, 2.24) is 5.32 Å². The number of carboxylic acid groups (broad SMARTS) is 1. The van der Waals surface area contributed by atoms with Crippen LogP contribution in [0.4, 0.5) is 5.69 Å². The first-order valence-corrected chi connectivity index (χ1v) is 10.1. The summed E-state index contributed by atoms with van der Waals surface area (Å²) in [5.74, 6) is -0.144. The minimum absolute atomic E-state index is 0.532. The zero-order valence-corrected chi connectivity index (χ0v) is 16.6. The molecule has 2 atom stereocenters. The molecule has 29 heavy (non-hydrogen) atoms. The SMILES string of the molecule is CCc1cc(C(Nc2ccc(C#N)cc2)C(=O)O)ccc1OCCC1CCCN1. The van der Waals surface area contributed by atoms with Crippen LogP contribution in [-0.2, 0) is 11.2 Å². The van der Waals surface area contributed by atoms with E-state index in [-0.39, 0.29) is 0 Å². The van der Waals surface area contributed by atoms with E-state index in [0.717, 1.165) is 30.7 Å². The van der Waals surface area contributed by atoms with Crippen molar-refractivity contribution in [3.63, 3.8) is 0 Å². The van der Waals surface area contributed by atoms with Gasteiger partial charge in [0.2, 0.25) is 0 Å². The Balaban J connectivity index is 1.70. The molecule has 0 radical (unpaired) electrons. The third kappa shape index (κ3) is 5.49. The summed E-state index contributed by atoms with van der Waals surface area (Å²) in [5.41, 5.74) is 2.85. The lowest BCUT2D eigenvalue weighted by molar-refractivity contribution is -0.138. The van der Waals surface area contributed by atoms with Gasteiger partial charge in [-0.25, -0.2) is 4.79 Å². The summed E-state index contributed by atoms with van der Waals surface area (Å²) in [7, 11) is 0. The van der Waals surface area contributed by atoms with E-state index in [4.69, 9.17) is 10.00 Å². The number of carbonyl (C=O) groups is 1. The van der Waals surface area contributed by atoms with Crippen molar-refractivity contribution in [2.45, 2.75) is 44.7 Å². The lowest BCUT2D eigenvalue weighted by atomic mass is 10.0. The Bertz CT molecular complexity index is 868. The zero-order valence-electron chi connectivity index (χ0n) is 16.6. The molecule has 1 aliphatic rings. The Labute approximate surface area is 171 Å². The van der Waals surface area contributed by atoms with Crippen molar-refractivity contribution >= 4 is 11.7 Å². The molecule has 2 aromatic carbocycles. The third-order valence-electron chi connectivity index (χ3n) is 5.26. The quantitative estimate of drug-likeness (QED) is 0.599. The number of benzene rings is 2. The molecule has 6 heteroatoms. The van der Waals surface area contributed by atoms with Crippen LogP contribution in [0, 0.1) is 11.3 Å². The fourth-order valence-corrected chi connectivity index (χ4v) is 3.61. The summed E-state index contributed by atoms with van der Waals surface area (Å²) in [6.45, 7) is 3.77. The fraction of sp³-hybridized carbons (Fsp3) is 0.391. The Hall–Kier alpha value is -3.04. The molecule has 0 saturated carbocycles. The van der Waals surface area contributed by atoms with Crippen LogP contribution in [0.15, 0.2) is 42.5 Å². The Morgan fingerprint density at radius 1 is 1.34 bits per heavy atom. The largest absolute Gasteiger partial charge is 0.493 e. The zero-order chi connectivity index (χ0) is 20.6. The summed E-state index contributed by atoms with van der Waals surface area (Å²) >= 11 is 0. The monoisotopic (exact) mass is 393 g/mol. The van der Waals surface area contributed by atoms with Gasteiger partial charge in [0.25, 0.3) is 0 Å². The van der Waals surface area contributed by atoms with Crippen LogP contribution < -0.4 is 15.4 Å². The number of aryl methyl sites for hydroxylation is 1. The number of nitriles is 1. The molecule has 2 aromatic rings. The van der Waals surface area contributed by atoms with E-state index in [0.29, 0.717) is 29.5 Å². The molecular weight excluding hydrogens is 366 g/mol. The van der Waals surface area contributed by atoms with E-state index in [9.17, 15) is 9.90 Å². The highest BCUT2D eigenvalue weighted by Gasteiger charge is 2.21. The average Bonchev–Trinajstić information content (AvgIpc) is 3.26. The predicted molar refractivity (Wildman–Crippen MR) is 112 cm³/mol. The molecule has 1 fully saturated rings. The molecule has 152 valence electrons. The second-order valence-corrected chi connectivity index (χ2v) is 7.26. The molecule has 0 spiro atoms. The van der Waals surface area contributed by atoms with Gasteiger partial charge in [0.05, 0.1) is 18.2 Å². The van der Waals surface area contributed by atoms with E-state index in [2.05, 4.69) is 16.7 Å². The van der Waals surface area contributed by atoms with Gasteiger partial charge in [0.1, 0.15) is 5.75 Å². The standard InChI is InChI=1S/C23H27N3O3/c1-2-17-14-18(7-10-21(17)29-13-11-19-4-3-12-25-19)22(23(27)28)26-20-8-5-16(15-24)6-9-20/h5-10,14,19,22,25-26H,2-4,11-13H2,1H3,(H,27,28). The smallest absolute Gasteiger partial charge is 0.330 e. The van der Waals surface area contributed by atoms with Crippen molar-refractivity contribution in [2.75, 3.05) is 18.5 Å². The van der Waals surface area contributed by atoms with Crippen molar-refractivity contribution in [3.05, 3.63) is 59.2 Å². The number of hydrogen-bond acceptors (Lipinski definition) is 5. The van der Waals surface area contributed by atoms with Crippen LogP contribution in [0.2, 0.25) is 0 Å². The summed E-state index contributed by atoms with van der Waals surface area (Å²) in [6, 6.07) is 14.0. The van der Waals surface area contributed by atoms with E-state index in [1.54, 1.807) is 30.3 Å². The molecule has 1 saturated heterocycles. The number of nitrogens with one attached hydrogen (secondary N) is 2. The third-order valence-corrected chi connectivity index (χ3v) is 5.26. The maximum atomic E-state index is 11.9. The van der Waals surface area contributed by atoms with E-state index in [1.165, 1.54) is 12.8 Å². The second kappa shape index (κ2) is 9.94. The first kappa shape index (κ1) is 20.7. The van der Waals surface area contributed by atoms with Crippen LogP contribution >= 0.6 is 0 Å². The van der Waals surface area contributed by atoms with Gasteiger partial charge in [-0.3, -0.25) is 0 Å². The number of aliphatic carboxylic acids is 1. The fourth-order valence-electron chi connectivity index (χ4n) is 3.61. The maximum Gasteiger partial charge on any atom is 0.330 e. The first-order chi connectivity index (χ1) is 14.1. The highest BCUT2D eigenvalue weighted by molar-refractivity contribution is 5.79. The number of rotatable bonds is 9. The lowest BCUT2D eigenvalue weighted by Crippen LogP contribution is -2.23. The first-order valence-electron chi connectivity index (χ1n) is 10.1. The second-order valence-electron chi connectivity index (χ2n) is 7.26. The summed E-state index contributed by atoms with van der Waals surface area (Å²) < 4.78 is 5.99. The number of ether oxygens (including phenoxy) is 1. The highest BCUT2D eigenvalue weighted by atomic mass is 16.5. The molecule has 0 bridgehead atoms. The van der Waals surface area contributed by atoms with Crippen molar-refractivity contribution < 1.29 is 14.6 Å². The molecule has 1 aliphatic heterocycles. The van der Waals surface area contributed by atoms with E-state index >= 15 is 0 Å². The van der Waals surface area contributed by atoms with E-state index in [1.807, 2.05) is 19.1 Å². The minimum Gasteiger partial charge on any atom is -0.493 e. The van der Waals surface area contributed by atoms with Crippen LogP contribution in [0.5, 0.6) is 5.75 Å². The van der Waals surface area contributed by atoms with Gasteiger partial charge in [-0.1, -0.05) is 13.0 Å². The van der Waals surface area contributed by atoms with Crippen molar-refractivity contribution in [3.8, 4) is 11.8 Å². The van der Waals surface area contributed by atoms with Gasteiger partial charge in [0.15, 0.2) is 6.04 Å². The molecule has 2 unspecified atom stereocenters. The summed E-state index contributed by atoms with van der Waals surface area (Å²) in [6.07, 6.45) is 4.16. The number of anilines is 1. The van der Waals surface area contributed by atoms with Gasteiger partial charge in [-0.05, 0) is 79.8 Å². The Morgan fingerprint density at radius 3 is 2.76 bits per heavy atom. The topological polar surface area (TPSA) is 94.4 Å². The summed E-state index contributed by atoms with van der Waals surface area (Å²) in [4.78, 5) is 11.9. The molecule has 1 heterocycles. The molecule has 0 aliphatic carbocycles. The van der Waals surface area contributed by atoms with Crippen LogP contribution in [0.3, 0.4) is 0 Å². The van der Waals surface area contributed by atoms with Gasteiger partial charge < -0.3 is 20.5 Å². The van der Waals surface area contributed by atoms with Crippen LogP contribution in [0.25, 0.3) is 0 Å². The van der Waals surface area contributed by atoms with Crippen molar-refractivity contribution in [1.29, 1.82) is 5.26 Å². The normalized spacial score (nSPS) is 16.8. The number of hydrogen-bond donors (Lipinski definition) is 3. The summed E-state index contributed by atoms with van der Waals surface area (Å²) in [5, 5.41) is 25.1. The van der Waals surface area contributed by atoms with Gasteiger partial charge in [-0.2, -0.15) is 5.26 Å². The van der Waals surface area contributed by atoms with Gasteiger partial charge in [-0.15, -0.1) is 0 Å². The minimum atomic E-state index is -0.961. The Kier molecular flexibility index (Phi) is 7.09. The highest BCUT2D eigenvalue weighted by Crippen LogP contribution is 2.27.